The van der Waals surface area contributed by atoms with Gasteiger partial charge in [0.05, 0.1) is 22.2 Å². The normalized spacial score (nSPS) is 13.9. The lowest BCUT2D eigenvalue weighted by molar-refractivity contribution is 0.752. The van der Waals surface area contributed by atoms with Crippen LogP contribution in [0, 0.1) is 0 Å². The minimum Gasteiger partial charge on any atom is -0.310 e. The Morgan fingerprint density at radius 3 is 1.26 bits per heavy atom. The van der Waals surface area contributed by atoms with E-state index in [0.29, 0.717) is 0 Å². The first-order valence-electron chi connectivity index (χ1n) is 25.7. The second kappa shape index (κ2) is 16.5. The van der Waals surface area contributed by atoms with Crippen LogP contribution in [0.25, 0.3) is 44.2 Å². The van der Waals surface area contributed by atoms with E-state index in [0.717, 1.165) is 22.7 Å². The molecule has 0 radical (unpaired) electrons. The summed E-state index contributed by atoms with van der Waals surface area (Å²) in [5.41, 5.74) is 23.2. The molecule has 0 N–H and O–H groups in total. The van der Waals surface area contributed by atoms with Crippen LogP contribution < -0.4 is 9.80 Å². The Bertz CT molecular complexity index is 4050. The van der Waals surface area contributed by atoms with Gasteiger partial charge in [0.1, 0.15) is 0 Å². The Hall–Kier alpha value is -9.50. The van der Waals surface area contributed by atoms with Gasteiger partial charge in [0.25, 0.3) is 0 Å². The molecule has 346 valence electrons. The van der Waals surface area contributed by atoms with E-state index in [1.54, 1.807) is 0 Å². The van der Waals surface area contributed by atoms with E-state index >= 15 is 0 Å². The van der Waals surface area contributed by atoms with Crippen LogP contribution in [-0.4, -0.2) is 0 Å². The fraction of sp³-hybridized carbons (Fsp3) is 0.0278. The zero-order valence-corrected chi connectivity index (χ0v) is 40.6. The predicted octanol–water partition coefficient (Wildman–Crippen LogP) is 18.5. The van der Waals surface area contributed by atoms with Crippen molar-refractivity contribution in [2.75, 3.05) is 9.80 Å². The summed E-state index contributed by atoms with van der Waals surface area (Å²) in [6.07, 6.45) is 0. The Morgan fingerprint density at radius 1 is 0.257 bits per heavy atom. The molecule has 1 spiro atoms. The predicted molar refractivity (Wildman–Crippen MR) is 307 cm³/mol. The highest BCUT2D eigenvalue weighted by Crippen LogP contribution is 2.64. The lowest BCUT2D eigenvalue weighted by atomic mass is 9.64. The van der Waals surface area contributed by atoms with Gasteiger partial charge in [0.15, 0.2) is 0 Å². The molecule has 74 heavy (non-hydrogen) atoms. The Morgan fingerprint density at radius 2 is 0.676 bits per heavy atom. The van der Waals surface area contributed by atoms with E-state index in [1.807, 2.05) is 0 Å². The number of fused-ring (bicyclic) bond motifs is 13. The van der Waals surface area contributed by atoms with E-state index in [2.05, 4.69) is 301 Å². The number of para-hydroxylation sites is 3. The van der Waals surface area contributed by atoms with Gasteiger partial charge in [0.2, 0.25) is 0 Å². The zero-order chi connectivity index (χ0) is 48.8. The van der Waals surface area contributed by atoms with Crippen LogP contribution in [0.3, 0.4) is 0 Å². The molecule has 0 saturated heterocycles. The maximum Gasteiger partial charge on any atom is 0.0755 e. The molecule has 3 aliphatic rings. The average Bonchev–Trinajstić information content (AvgIpc) is 3.94. The molecule has 0 atom stereocenters. The van der Waals surface area contributed by atoms with Crippen molar-refractivity contribution in [3.05, 3.63) is 336 Å². The van der Waals surface area contributed by atoms with Crippen molar-refractivity contribution in [1.82, 2.24) is 0 Å². The number of anilines is 6. The number of benzene rings is 12. The van der Waals surface area contributed by atoms with E-state index in [1.165, 1.54) is 100 Å². The lowest BCUT2D eigenvalue weighted by Gasteiger charge is -2.45. The van der Waals surface area contributed by atoms with Crippen LogP contribution in [0.2, 0.25) is 0 Å². The summed E-state index contributed by atoms with van der Waals surface area (Å²) in [5, 5.41) is 2.48. The molecule has 15 rings (SSSR count). The van der Waals surface area contributed by atoms with E-state index in [-0.39, 0.29) is 0 Å². The Labute approximate surface area is 432 Å². The minimum atomic E-state index is -0.610. The summed E-state index contributed by atoms with van der Waals surface area (Å²) in [4.78, 5) is 4.96. The summed E-state index contributed by atoms with van der Waals surface area (Å²) in [5.74, 6) is 0. The average molecular weight is 941 g/mol. The molecule has 0 bridgehead atoms. The van der Waals surface area contributed by atoms with Crippen molar-refractivity contribution < 1.29 is 0 Å². The van der Waals surface area contributed by atoms with Crippen LogP contribution in [0.15, 0.2) is 291 Å². The maximum atomic E-state index is 2.52. The summed E-state index contributed by atoms with van der Waals surface area (Å²) >= 11 is 0. The largest absolute Gasteiger partial charge is 0.310 e. The Kier molecular flexibility index (Phi) is 9.43. The van der Waals surface area contributed by atoms with Gasteiger partial charge in [-0.1, -0.05) is 224 Å². The topological polar surface area (TPSA) is 6.48 Å². The summed E-state index contributed by atoms with van der Waals surface area (Å²) < 4.78 is 0. The molecule has 1 heterocycles. The molecular formula is C72H48N2. The maximum absolute atomic E-state index is 2.52. The third-order valence-corrected chi connectivity index (χ3v) is 16.3. The molecule has 12 aromatic rings. The first-order chi connectivity index (χ1) is 36.7. The second-order valence-electron chi connectivity index (χ2n) is 19.9. The van der Waals surface area contributed by atoms with Gasteiger partial charge in [-0.3, -0.25) is 0 Å². The van der Waals surface area contributed by atoms with Crippen LogP contribution in [0.1, 0.15) is 44.5 Å². The molecule has 0 fully saturated rings. The molecule has 0 aromatic heterocycles. The number of hydrogen-bond acceptors (Lipinski definition) is 2. The third kappa shape index (κ3) is 6.00. The monoisotopic (exact) mass is 940 g/mol. The fourth-order valence-corrected chi connectivity index (χ4v) is 13.3. The van der Waals surface area contributed by atoms with Crippen molar-refractivity contribution in [2.45, 2.75) is 10.8 Å². The van der Waals surface area contributed by atoms with Gasteiger partial charge in [0, 0.05) is 22.7 Å². The number of hydrogen-bond donors (Lipinski definition) is 0. The molecular weight excluding hydrogens is 893 g/mol. The highest BCUT2D eigenvalue weighted by molar-refractivity contribution is 5.98. The van der Waals surface area contributed by atoms with Crippen molar-refractivity contribution in [1.29, 1.82) is 0 Å². The van der Waals surface area contributed by atoms with E-state index in [4.69, 9.17) is 0 Å². The molecule has 0 unspecified atom stereocenters. The summed E-state index contributed by atoms with van der Waals surface area (Å²) in [6, 6.07) is 109. The number of nitrogens with zero attached hydrogens (tertiary/aromatic N) is 2. The van der Waals surface area contributed by atoms with Gasteiger partial charge in [-0.05, 0) is 155 Å². The van der Waals surface area contributed by atoms with Crippen LogP contribution >= 0.6 is 0 Å². The highest BCUT2D eigenvalue weighted by Gasteiger charge is 2.52. The molecule has 2 heteroatoms. The molecule has 0 amide bonds. The highest BCUT2D eigenvalue weighted by atomic mass is 15.2. The number of rotatable bonds is 7. The standard InChI is InChI=1S/C72H48N2/c1-4-22-53(23-5-1)71(54-24-6-2-7-25-54)63-30-14-12-28-59(63)61-44-42-57(47-67(61)71)73(56-40-38-50(39-41-56)52-37-36-49-20-10-11-21-51(49)46-52)58-43-45-62-60-29-13-15-31-64(60)72(68(62)48-58)65-32-16-18-34-69(65)74(55-26-8-3-9-27-55)70-35-19-17-33-66(70)72/h1-48H. The molecule has 12 aromatic carbocycles. The summed E-state index contributed by atoms with van der Waals surface area (Å²) in [6.45, 7) is 0. The van der Waals surface area contributed by atoms with E-state index in [9.17, 15) is 0 Å². The van der Waals surface area contributed by atoms with Crippen molar-refractivity contribution in [2.24, 2.45) is 0 Å². The van der Waals surface area contributed by atoms with Crippen molar-refractivity contribution >= 4 is 44.9 Å². The molecule has 0 saturated carbocycles. The Balaban J connectivity index is 0.985. The van der Waals surface area contributed by atoms with Crippen LogP contribution in [0.4, 0.5) is 34.1 Å². The van der Waals surface area contributed by atoms with Crippen molar-refractivity contribution in [3.63, 3.8) is 0 Å². The van der Waals surface area contributed by atoms with Gasteiger partial charge in [-0.2, -0.15) is 0 Å². The zero-order valence-electron chi connectivity index (χ0n) is 40.6. The van der Waals surface area contributed by atoms with Gasteiger partial charge >= 0.3 is 0 Å². The molecule has 2 nitrogen and oxygen atoms in total. The van der Waals surface area contributed by atoms with Gasteiger partial charge < -0.3 is 9.80 Å². The van der Waals surface area contributed by atoms with E-state index < -0.39 is 10.8 Å². The SMILES string of the molecule is c1ccc(N2c3ccccc3C3(c4ccccc4-c4ccc(N(c5ccc(-c6ccc7ccccc7c6)cc5)c5ccc6c(c5)C(c5ccccc5)(c5ccccc5)c5ccccc5-6)cc43)c3ccccc32)cc1. The fourth-order valence-electron chi connectivity index (χ4n) is 13.3. The lowest BCUT2D eigenvalue weighted by Crippen LogP contribution is -2.36. The quantitative estimate of drug-likeness (QED) is 0.157. The smallest absolute Gasteiger partial charge is 0.0755 e. The third-order valence-electron chi connectivity index (χ3n) is 16.3. The summed E-state index contributed by atoms with van der Waals surface area (Å²) in [7, 11) is 0. The van der Waals surface area contributed by atoms with Crippen LogP contribution in [0.5, 0.6) is 0 Å². The first kappa shape index (κ1) is 42.2. The molecule has 1 aliphatic heterocycles. The molecule has 2 aliphatic carbocycles. The van der Waals surface area contributed by atoms with Gasteiger partial charge in [-0.25, -0.2) is 0 Å². The van der Waals surface area contributed by atoms with Gasteiger partial charge in [-0.15, -0.1) is 0 Å². The first-order valence-corrected chi connectivity index (χ1v) is 25.7. The minimum absolute atomic E-state index is 0.556. The van der Waals surface area contributed by atoms with Crippen LogP contribution in [-0.2, 0) is 10.8 Å². The second-order valence-corrected chi connectivity index (χ2v) is 19.9. The van der Waals surface area contributed by atoms with Crippen molar-refractivity contribution in [3.8, 4) is 33.4 Å².